The Balaban J connectivity index is 1.71. The van der Waals surface area contributed by atoms with Crippen molar-refractivity contribution in [1.29, 1.82) is 0 Å². The van der Waals surface area contributed by atoms with E-state index in [0.29, 0.717) is 5.92 Å². The highest BCUT2D eigenvalue weighted by Crippen LogP contribution is 2.37. The van der Waals surface area contributed by atoms with E-state index >= 15 is 0 Å². The molecular weight excluding hydrogens is 225 g/mol. The van der Waals surface area contributed by atoms with Gasteiger partial charge in [0.15, 0.2) is 0 Å². The van der Waals surface area contributed by atoms with Crippen LogP contribution in [0.3, 0.4) is 0 Å². The average molecular weight is 247 g/mol. The van der Waals surface area contributed by atoms with E-state index in [4.69, 9.17) is 0 Å². The fourth-order valence-corrected chi connectivity index (χ4v) is 3.21. The third-order valence-corrected chi connectivity index (χ3v) is 4.47. The van der Waals surface area contributed by atoms with Crippen molar-refractivity contribution >= 4 is 0 Å². The van der Waals surface area contributed by atoms with Gasteiger partial charge in [0, 0.05) is 12.6 Å². The van der Waals surface area contributed by atoms with Gasteiger partial charge in [0.2, 0.25) is 0 Å². The van der Waals surface area contributed by atoms with Gasteiger partial charge >= 0.3 is 0 Å². The molecule has 2 aliphatic rings. The summed E-state index contributed by atoms with van der Waals surface area (Å²) in [5.74, 6) is 1.24. The Morgan fingerprint density at radius 3 is 2.33 bits per heavy atom. The molecule has 1 atom stereocenters. The number of hydrogen-bond acceptors (Lipinski definition) is 1. The van der Waals surface area contributed by atoms with Crippen LogP contribution in [0.15, 0.2) is 24.3 Å². The summed E-state index contributed by atoms with van der Waals surface area (Å²) in [5.41, 5.74) is 1.32. The van der Waals surface area contributed by atoms with Gasteiger partial charge in [-0.15, -0.1) is 0 Å². The summed E-state index contributed by atoms with van der Waals surface area (Å²) in [5, 5.41) is 3.65. The molecule has 2 aliphatic carbocycles. The quantitative estimate of drug-likeness (QED) is 0.833. The lowest BCUT2D eigenvalue weighted by Crippen LogP contribution is -2.27. The Hall–Kier alpha value is -0.890. The number of hydrogen-bond donors (Lipinski definition) is 1. The first kappa shape index (κ1) is 12.2. The highest BCUT2D eigenvalue weighted by atomic mass is 19.1. The Morgan fingerprint density at radius 1 is 1.06 bits per heavy atom. The molecule has 0 aliphatic heterocycles. The lowest BCUT2D eigenvalue weighted by molar-refractivity contribution is 0.409. The lowest BCUT2D eigenvalue weighted by atomic mass is 9.84. The van der Waals surface area contributed by atoms with Crippen LogP contribution in [0.2, 0.25) is 0 Å². The van der Waals surface area contributed by atoms with Crippen LogP contribution in [-0.4, -0.2) is 12.6 Å². The molecule has 0 bridgehead atoms. The van der Waals surface area contributed by atoms with Gasteiger partial charge in [-0.05, 0) is 55.2 Å². The normalized spacial score (nSPS) is 22.3. The molecule has 0 saturated heterocycles. The Labute approximate surface area is 109 Å². The third kappa shape index (κ3) is 2.92. The van der Waals surface area contributed by atoms with E-state index in [1.54, 1.807) is 12.1 Å². The maximum Gasteiger partial charge on any atom is 0.123 e. The van der Waals surface area contributed by atoms with Crippen molar-refractivity contribution < 1.29 is 4.39 Å². The van der Waals surface area contributed by atoms with Crippen LogP contribution in [0, 0.1) is 11.7 Å². The summed E-state index contributed by atoms with van der Waals surface area (Å²) >= 11 is 0. The largest absolute Gasteiger partial charge is 0.313 e. The molecule has 0 aromatic heterocycles. The molecule has 1 nitrogen and oxygen atoms in total. The zero-order valence-electron chi connectivity index (χ0n) is 10.9. The molecule has 2 heteroatoms. The van der Waals surface area contributed by atoms with Crippen molar-refractivity contribution in [3.63, 3.8) is 0 Å². The molecule has 0 spiro atoms. The van der Waals surface area contributed by atoms with Gasteiger partial charge < -0.3 is 5.32 Å². The first-order valence-corrected chi connectivity index (χ1v) is 7.32. The minimum atomic E-state index is -0.126. The molecule has 1 unspecified atom stereocenters. The van der Waals surface area contributed by atoms with Gasteiger partial charge in [-0.3, -0.25) is 0 Å². The van der Waals surface area contributed by atoms with Crippen molar-refractivity contribution in [1.82, 2.24) is 5.32 Å². The number of nitrogens with one attached hydrogen (secondary N) is 1. The number of halogens is 1. The van der Waals surface area contributed by atoms with E-state index in [1.807, 2.05) is 12.1 Å². The Bertz CT molecular complexity index is 377. The van der Waals surface area contributed by atoms with Crippen molar-refractivity contribution in [2.45, 2.75) is 50.5 Å². The van der Waals surface area contributed by atoms with Gasteiger partial charge in [0.05, 0.1) is 0 Å². The first-order chi connectivity index (χ1) is 8.83. The predicted molar refractivity (Wildman–Crippen MR) is 72.1 cm³/mol. The molecule has 1 N–H and O–H groups in total. The smallest absolute Gasteiger partial charge is 0.123 e. The van der Waals surface area contributed by atoms with Crippen LogP contribution in [0.4, 0.5) is 4.39 Å². The Kier molecular flexibility index (Phi) is 3.64. The molecule has 98 valence electrons. The second kappa shape index (κ2) is 5.40. The Morgan fingerprint density at radius 2 is 1.72 bits per heavy atom. The van der Waals surface area contributed by atoms with E-state index in [-0.39, 0.29) is 5.82 Å². The lowest BCUT2D eigenvalue weighted by Gasteiger charge is -2.24. The minimum Gasteiger partial charge on any atom is -0.313 e. The number of benzene rings is 1. The maximum absolute atomic E-state index is 13.0. The van der Waals surface area contributed by atoms with Crippen molar-refractivity contribution in [3.05, 3.63) is 35.6 Å². The summed E-state index contributed by atoms with van der Waals surface area (Å²) < 4.78 is 13.0. The standard InChI is InChI=1S/C16H22FN/c17-14-7-5-13(6-8-14)16(11-18-15-9-10-15)12-3-1-2-4-12/h5-8,12,15-16,18H,1-4,9-11H2. The summed E-state index contributed by atoms with van der Waals surface area (Å²) in [4.78, 5) is 0. The van der Waals surface area contributed by atoms with E-state index in [0.717, 1.165) is 18.5 Å². The monoisotopic (exact) mass is 247 g/mol. The van der Waals surface area contributed by atoms with Crippen molar-refractivity contribution in [3.8, 4) is 0 Å². The van der Waals surface area contributed by atoms with Crippen LogP contribution in [-0.2, 0) is 0 Å². The summed E-state index contributed by atoms with van der Waals surface area (Å²) in [7, 11) is 0. The molecule has 2 fully saturated rings. The molecular formula is C16H22FN. The topological polar surface area (TPSA) is 12.0 Å². The van der Waals surface area contributed by atoms with Crippen LogP contribution in [0.25, 0.3) is 0 Å². The van der Waals surface area contributed by atoms with Gasteiger partial charge in [-0.25, -0.2) is 4.39 Å². The van der Waals surface area contributed by atoms with Crippen LogP contribution < -0.4 is 5.32 Å². The fourth-order valence-electron chi connectivity index (χ4n) is 3.21. The van der Waals surface area contributed by atoms with Gasteiger partial charge in [-0.1, -0.05) is 25.0 Å². The molecule has 1 aromatic rings. The second-order valence-corrected chi connectivity index (χ2v) is 5.89. The van der Waals surface area contributed by atoms with Crippen LogP contribution in [0.1, 0.15) is 50.0 Å². The molecule has 0 heterocycles. The second-order valence-electron chi connectivity index (χ2n) is 5.89. The molecule has 0 radical (unpaired) electrons. The summed E-state index contributed by atoms with van der Waals surface area (Å²) in [6.07, 6.45) is 8.09. The SMILES string of the molecule is Fc1ccc(C(CNC2CC2)C2CCCC2)cc1. The van der Waals surface area contributed by atoms with Crippen LogP contribution >= 0.6 is 0 Å². The van der Waals surface area contributed by atoms with E-state index in [9.17, 15) is 4.39 Å². The zero-order valence-corrected chi connectivity index (χ0v) is 10.9. The highest BCUT2D eigenvalue weighted by Gasteiger charge is 2.28. The van der Waals surface area contributed by atoms with Gasteiger partial charge in [-0.2, -0.15) is 0 Å². The first-order valence-electron chi connectivity index (χ1n) is 7.32. The molecule has 0 amide bonds. The van der Waals surface area contributed by atoms with Gasteiger partial charge in [0.25, 0.3) is 0 Å². The predicted octanol–water partition coefficient (Wildman–Crippen LogP) is 3.85. The average Bonchev–Trinajstić information content (AvgIpc) is 3.05. The molecule has 18 heavy (non-hydrogen) atoms. The zero-order chi connectivity index (χ0) is 12.4. The van der Waals surface area contributed by atoms with Crippen molar-refractivity contribution in [2.75, 3.05) is 6.54 Å². The third-order valence-electron chi connectivity index (χ3n) is 4.47. The van der Waals surface area contributed by atoms with Crippen LogP contribution in [0.5, 0.6) is 0 Å². The minimum absolute atomic E-state index is 0.126. The van der Waals surface area contributed by atoms with E-state index in [2.05, 4.69) is 5.32 Å². The maximum atomic E-state index is 13.0. The molecule has 1 aromatic carbocycles. The van der Waals surface area contributed by atoms with Gasteiger partial charge in [0.1, 0.15) is 5.82 Å². The van der Waals surface area contributed by atoms with Crippen molar-refractivity contribution in [2.24, 2.45) is 5.92 Å². The highest BCUT2D eigenvalue weighted by molar-refractivity contribution is 5.22. The number of rotatable bonds is 5. The van der Waals surface area contributed by atoms with E-state index < -0.39 is 0 Å². The fraction of sp³-hybridized carbons (Fsp3) is 0.625. The molecule has 3 rings (SSSR count). The summed E-state index contributed by atoms with van der Waals surface area (Å²) in [6.45, 7) is 1.07. The molecule has 2 saturated carbocycles. The summed E-state index contributed by atoms with van der Waals surface area (Å²) in [6, 6.07) is 7.93. The van der Waals surface area contributed by atoms with E-state index in [1.165, 1.54) is 44.1 Å².